The predicted molar refractivity (Wildman–Crippen MR) is 104 cm³/mol. The molecule has 0 saturated carbocycles. The maximum atomic E-state index is 9.32. The average molecular weight is 351 g/mol. The van der Waals surface area contributed by atoms with Crippen LogP contribution in [0, 0.1) is 0 Å². The number of nitrogens with one attached hydrogen (secondary N) is 1. The van der Waals surface area contributed by atoms with E-state index in [1.54, 1.807) is 0 Å². The molecule has 0 amide bonds. The molecule has 0 aliphatic carbocycles. The van der Waals surface area contributed by atoms with Gasteiger partial charge in [0.15, 0.2) is 0 Å². The van der Waals surface area contributed by atoms with Crippen molar-refractivity contribution in [1.29, 1.82) is 0 Å². The molecule has 1 heterocycles. The lowest BCUT2D eigenvalue weighted by atomic mass is 10.1. The number of hydrogen-bond acceptors (Lipinski definition) is 4. The van der Waals surface area contributed by atoms with Crippen LogP contribution in [0.3, 0.4) is 0 Å². The molecule has 5 nitrogen and oxygen atoms in total. The van der Waals surface area contributed by atoms with Gasteiger partial charge in [0, 0.05) is 23.4 Å². The van der Waals surface area contributed by atoms with Crippen LogP contribution in [0.15, 0.2) is 60.9 Å². The fourth-order valence-electron chi connectivity index (χ4n) is 3.00. The van der Waals surface area contributed by atoms with Crippen molar-refractivity contribution in [3.05, 3.63) is 72.2 Å². The van der Waals surface area contributed by atoms with Gasteiger partial charge in [-0.15, -0.1) is 0 Å². The first-order valence-corrected chi connectivity index (χ1v) is 8.99. The highest BCUT2D eigenvalue weighted by Crippen LogP contribution is 2.22. The third-order valence-corrected chi connectivity index (χ3v) is 4.34. The molecule has 0 aliphatic rings. The molecule has 1 aromatic heterocycles. The van der Waals surface area contributed by atoms with Crippen LogP contribution in [0.5, 0.6) is 0 Å². The van der Waals surface area contributed by atoms with E-state index in [1.807, 2.05) is 48.8 Å². The summed E-state index contributed by atoms with van der Waals surface area (Å²) in [4.78, 5) is 10.2. The van der Waals surface area contributed by atoms with E-state index in [-0.39, 0.29) is 6.61 Å². The van der Waals surface area contributed by atoms with Gasteiger partial charge in [0.1, 0.15) is 0 Å². The Balaban J connectivity index is 1.53. The van der Waals surface area contributed by atoms with Gasteiger partial charge < -0.3 is 9.67 Å². The van der Waals surface area contributed by atoms with E-state index in [0.29, 0.717) is 6.61 Å². The van der Waals surface area contributed by atoms with Gasteiger partial charge >= 0.3 is 0 Å². The summed E-state index contributed by atoms with van der Waals surface area (Å²) in [5.41, 5.74) is 8.01. The van der Waals surface area contributed by atoms with Crippen LogP contribution in [0.25, 0.3) is 11.3 Å². The number of rotatable bonds is 9. The molecule has 0 unspecified atom stereocenters. The molecule has 0 fully saturated rings. The van der Waals surface area contributed by atoms with Gasteiger partial charge in [-0.1, -0.05) is 55.5 Å². The molecule has 0 spiro atoms. The van der Waals surface area contributed by atoms with Crippen LogP contribution >= 0.6 is 0 Å². The minimum atomic E-state index is -0.0102. The Labute approximate surface area is 154 Å². The first-order chi connectivity index (χ1) is 12.8. The van der Waals surface area contributed by atoms with Crippen molar-refractivity contribution >= 4 is 5.69 Å². The minimum absolute atomic E-state index is 0.0102. The number of imidazole rings is 1. The van der Waals surface area contributed by atoms with Crippen molar-refractivity contribution in [1.82, 2.24) is 9.55 Å². The fourth-order valence-corrected chi connectivity index (χ4v) is 3.00. The molecule has 0 saturated heterocycles. The number of aryl methyl sites for hydroxylation is 1. The molecular weight excluding hydrogens is 326 g/mol. The van der Waals surface area contributed by atoms with Crippen LogP contribution in [0.2, 0.25) is 0 Å². The quantitative estimate of drug-likeness (QED) is 0.451. The Bertz CT molecular complexity index is 815. The highest BCUT2D eigenvalue weighted by atomic mass is 16.6. The second kappa shape index (κ2) is 9.17. The first-order valence-electron chi connectivity index (χ1n) is 8.99. The molecular formula is C21H25N3O2. The van der Waals surface area contributed by atoms with Gasteiger partial charge in [0.05, 0.1) is 30.9 Å². The zero-order valence-electron chi connectivity index (χ0n) is 15.1. The van der Waals surface area contributed by atoms with Crippen molar-refractivity contribution in [3.8, 4) is 11.3 Å². The van der Waals surface area contributed by atoms with Crippen molar-refractivity contribution in [3.63, 3.8) is 0 Å². The molecule has 0 bridgehead atoms. The Morgan fingerprint density at radius 1 is 1.08 bits per heavy atom. The lowest BCUT2D eigenvalue weighted by molar-refractivity contribution is 0.184. The molecule has 3 aromatic rings. The van der Waals surface area contributed by atoms with Crippen molar-refractivity contribution in [2.75, 3.05) is 12.1 Å². The lowest BCUT2D eigenvalue weighted by Crippen LogP contribution is -2.09. The topological polar surface area (TPSA) is 59.3 Å². The number of aliphatic hydroxyl groups is 1. The van der Waals surface area contributed by atoms with Crippen LogP contribution in [-0.2, 0) is 24.4 Å². The Kier molecular flexibility index (Phi) is 6.41. The van der Waals surface area contributed by atoms with Gasteiger partial charge in [-0.3, -0.25) is 10.3 Å². The van der Waals surface area contributed by atoms with Crippen LogP contribution in [0.4, 0.5) is 5.69 Å². The summed E-state index contributed by atoms with van der Waals surface area (Å²) in [6.07, 6.45) is 3.72. The number of anilines is 1. The van der Waals surface area contributed by atoms with E-state index < -0.39 is 0 Å². The lowest BCUT2D eigenvalue weighted by Gasteiger charge is -2.11. The van der Waals surface area contributed by atoms with E-state index in [1.165, 1.54) is 5.69 Å². The standard InChI is InChI=1S/C21H25N3O2/c1-2-20-21(17-9-4-3-5-10-17)22-16-24(20)13-8-14-26-23-19-12-7-6-11-18(19)15-25/h3-7,9-12,16,23,25H,2,8,13-15H2,1H3. The average Bonchev–Trinajstić information content (AvgIpc) is 3.11. The number of benzene rings is 2. The fraction of sp³-hybridized carbons (Fsp3) is 0.286. The number of aliphatic hydroxyl groups excluding tert-OH is 1. The summed E-state index contributed by atoms with van der Waals surface area (Å²) in [6, 6.07) is 17.9. The molecule has 5 heteroatoms. The van der Waals surface area contributed by atoms with Gasteiger partial charge in [0.2, 0.25) is 0 Å². The summed E-state index contributed by atoms with van der Waals surface area (Å²) in [7, 11) is 0. The summed E-state index contributed by atoms with van der Waals surface area (Å²) in [5, 5.41) is 9.32. The number of hydrogen-bond donors (Lipinski definition) is 2. The van der Waals surface area contributed by atoms with E-state index >= 15 is 0 Å². The second-order valence-corrected chi connectivity index (χ2v) is 6.07. The Morgan fingerprint density at radius 3 is 2.62 bits per heavy atom. The summed E-state index contributed by atoms with van der Waals surface area (Å²) < 4.78 is 2.20. The van der Waals surface area contributed by atoms with Crippen molar-refractivity contribution in [2.45, 2.75) is 32.9 Å². The summed E-state index contributed by atoms with van der Waals surface area (Å²) >= 11 is 0. The molecule has 0 aliphatic heterocycles. The smallest absolute Gasteiger partial charge is 0.0956 e. The van der Waals surface area contributed by atoms with Crippen molar-refractivity contribution in [2.24, 2.45) is 0 Å². The van der Waals surface area contributed by atoms with Crippen LogP contribution in [0.1, 0.15) is 24.6 Å². The number of nitrogens with zero attached hydrogens (tertiary/aromatic N) is 2. The maximum Gasteiger partial charge on any atom is 0.0956 e. The Hall–Kier alpha value is -2.63. The van der Waals surface area contributed by atoms with Gasteiger partial charge in [-0.2, -0.15) is 0 Å². The van der Waals surface area contributed by atoms with Gasteiger partial charge in [-0.25, -0.2) is 4.98 Å². The molecule has 26 heavy (non-hydrogen) atoms. The minimum Gasteiger partial charge on any atom is -0.392 e. The largest absolute Gasteiger partial charge is 0.392 e. The summed E-state index contributed by atoms with van der Waals surface area (Å²) in [5.74, 6) is 0. The third kappa shape index (κ3) is 4.31. The predicted octanol–water partition coefficient (Wildman–Crippen LogP) is 4.04. The van der Waals surface area contributed by atoms with Gasteiger partial charge in [-0.05, 0) is 18.9 Å². The molecule has 0 radical (unpaired) electrons. The first kappa shape index (κ1) is 18.2. The van der Waals surface area contributed by atoms with E-state index in [9.17, 15) is 5.11 Å². The molecule has 3 rings (SSSR count). The normalized spacial score (nSPS) is 10.8. The molecule has 2 aromatic carbocycles. The third-order valence-electron chi connectivity index (χ3n) is 4.34. The molecule has 136 valence electrons. The highest BCUT2D eigenvalue weighted by molar-refractivity contribution is 5.61. The summed E-state index contributed by atoms with van der Waals surface area (Å²) in [6.45, 7) is 3.57. The van der Waals surface area contributed by atoms with Gasteiger partial charge in [0.25, 0.3) is 0 Å². The molecule has 0 atom stereocenters. The SMILES string of the molecule is CCc1c(-c2ccccc2)ncn1CCCONc1ccccc1CO. The second-order valence-electron chi connectivity index (χ2n) is 6.07. The van der Waals surface area contributed by atoms with E-state index in [0.717, 1.165) is 41.9 Å². The maximum absolute atomic E-state index is 9.32. The highest BCUT2D eigenvalue weighted by Gasteiger charge is 2.10. The zero-order valence-corrected chi connectivity index (χ0v) is 15.1. The number of aromatic nitrogens is 2. The van der Waals surface area contributed by atoms with E-state index in [2.05, 4.69) is 34.1 Å². The van der Waals surface area contributed by atoms with Crippen molar-refractivity contribution < 1.29 is 9.94 Å². The van der Waals surface area contributed by atoms with E-state index in [4.69, 9.17) is 4.84 Å². The molecule has 2 N–H and O–H groups in total. The zero-order chi connectivity index (χ0) is 18.2. The Morgan fingerprint density at radius 2 is 1.85 bits per heavy atom. The monoisotopic (exact) mass is 351 g/mol. The van der Waals surface area contributed by atoms with Crippen LogP contribution in [-0.4, -0.2) is 21.3 Å². The number of para-hydroxylation sites is 1. The van der Waals surface area contributed by atoms with Crippen LogP contribution < -0.4 is 5.48 Å².